The first kappa shape index (κ1) is 18.0. The highest BCUT2D eigenvalue weighted by Crippen LogP contribution is 2.46. The molecule has 0 radical (unpaired) electrons. The molecule has 0 saturated heterocycles. The van der Waals surface area contributed by atoms with Crippen LogP contribution in [0.1, 0.15) is 53.6 Å². The standard InChI is InChI=1S/C21H27NO2S/c1-6-22(5)14-7-8-15(13(2)11-14)19-18(20(23)24)16-12-21(3,4)10-9-17(16)25-19/h7-8,11H,6,9-10,12H2,1-5H3,(H,23,24). The molecule has 0 unspecified atom stereocenters. The summed E-state index contributed by atoms with van der Waals surface area (Å²) in [5.74, 6) is -0.792. The minimum absolute atomic E-state index is 0.179. The molecule has 3 nitrogen and oxygen atoms in total. The molecule has 25 heavy (non-hydrogen) atoms. The van der Waals surface area contributed by atoms with E-state index in [1.807, 2.05) is 0 Å². The van der Waals surface area contributed by atoms with Crippen molar-refractivity contribution in [1.82, 2.24) is 0 Å². The second-order valence-electron chi connectivity index (χ2n) is 7.87. The molecule has 1 aliphatic rings. The fourth-order valence-corrected chi connectivity index (χ4v) is 5.06. The van der Waals surface area contributed by atoms with Crippen molar-refractivity contribution in [2.45, 2.75) is 47.0 Å². The van der Waals surface area contributed by atoms with Crippen LogP contribution in [0.4, 0.5) is 5.69 Å². The van der Waals surface area contributed by atoms with Crippen LogP contribution in [0, 0.1) is 12.3 Å². The van der Waals surface area contributed by atoms with Gasteiger partial charge in [0.2, 0.25) is 0 Å². The molecule has 2 aromatic rings. The van der Waals surface area contributed by atoms with Crippen LogP contribution < -0.4 is 4.90 Å². The van der Waals surface area contributed by atoms with Gasteiger partial charge in [-0.2, -0.15) is 0 Å². The first-order chi connectivity index (χ1) is 11.7. The maximum Gasteiger partial charge on any atom is 0.337 e. The van der Waals surface area contributed by atoms with E-state index >= 15 is 0 Å². The Balaban J connectivity index is 2.12. The third kappa shape index (κ3) is 3.32. The van der Waals surface area contributed by atoms with E-state index in [4.69, 9.17) is 0 Å². The third-order valence-corrected chi connectivity index (χ3v) is 6.68. The van der Waals surface area contributed by atoms with Crippen molar-refractivity contribution in [3.05, 3.63) is 39.8 Å². The van der Waals surface area contributed by atoms with E-state index < -0.39 is 5.97 Å². The Kier molecular flexibility index (Phi) is 4.67. The highest BCUT2D eigenvalue weighted by molar-refractivity contribution is 7.16. The lowest BCUT2D eigenvalue weighted by atomic mass is 9.76. The molecule has 1 N–H and O–H groups in total. The van der Waals surface area contributed by atoms with Gasteiger partial charge in [0.05, 0.1) is 5.56 Å². The normalized spacial score (nSPS) is 15.7. The lowest BCUT2D eigenvalue weighted by Gasteiger charge is -2.29. The monoisotopic (exact) mass is 357 g/mol. The van der Waals surface area contributed by atoms with Crippen LogP contribution in [0.5, 0.6) is 0 Å². The summed E-state index contributed by atoms with van der Waals surface area (Å²) in [5.41, 5.74) is 5.15. The van der Waals surface area contributed by atoms with Gasteiger partial charge < -0.3 is 10.0 Å². The highest BCUT2D eigenvalue weighted by Gasteiger charge is 2.33. The Morgan fingerprint density at radius 3 is 2.68 bits per heavy atom. The first-order valence-electron chi connectivity index (χ1n) is 8.93. The van der Waals surface area contributed by atoms with Crippen molar-refractivity contribution in [2.75, 3.05) is 18.5 Å². The van der Waals surface area contributed by atoms with E-state index in [1.165, 1.54) is 10.6 Å². The zero-order valence-corrected chi connectivity index (χ0v) is 16.6. The number of carboxylic acids is 1. The van der Waals surface area contributed by atoms with E-state index in [0.29, 0.717) is 5.56 Å². The molecule has 0 amide bonds. The molecule has 0 aliphatic heterocycles. The second-order valence-corrected chi connectivity index (χ2v) is 8.97. The summed E-state index contributed by atoms with van der Waals surface area (Å²) >= 11 is 1.68. The summed E-state index contributed by atoms with van der Waals surface area (Å²) in [6, 6.07) is 6.35. The van der Waals surface area contributed by atoms with Gasteiger partial charge >= 0.3 is 5.97 Å². The fraction of sp³-hybridized carbons (Fsp3) is 0.476. The van der Waals surface area contributed by atoms with Crippen LogP contribution in [0.3, 0.4) is 0 Å². The molecular formula is C21H27NO2S. The highest BCUT2D eigenvalue weighted by atomic mass is 32.1. The molecule has 1 aromatic heterocycles. The van der Waals surface area contributed by atoms with Gasteiger partial charge in [-0.3, -0.25) is 0 Å². The number of nitrogens with zero attached hydrogens (tertiary/aromatic N) is 1. The predicted molar refractivity (Wildman–Crippen MR) is 106 cm³/mol. The van der Waals surface area contributed by atoms with Crippen molar-refractivity contribution in [3.63, 3.8) is 0 Å². The van der Waals surface area contributed by atoms with Gasteiger partial charge in [0, 0.05) is 29.0 Å². The molecule has 0 saturated carbocycles. The molecule has 0 fully saturated rings. The van der Waals surface area contributed by atoms with Crippen LogP contribution >= 0.6 is 11.3 Å². The smallest absolute Gasteiger partial charge is 0.337 e. The van der Waals surface area contributed by atoms with Crippen molar-refractivity contribution in [2.24, 2.45) is 5.41 Å². The molecule has 3 rings (SSSR count). The Bertz CT molecular complexity index is 820. The fourth-order valence-electron chi connectivity index (χ4n) is 3.66. The second kappa shape index (κ2) is 6.49. The Hall–Kier alpha value is -1.81. The van der Waals surface area contributed by atoms with E-state index in [9.17, 15) is 9.90 Å². The Morgan fingerprint density at radius 1 is 1.36 bits per heavy atom. The van der Waals surface area contributed by atoms with Crippen LogP contribution in [-0.4, -0.2) is 24.7 Å². The number of anilines is 1. The van der Waals surface area contributed by atoms with E-state index in [0.717, 1.165) is 47.4 Å². The Morgan fingerprint density at radius 2 is 2.08 bits per heavy atom. The van der Waals surface area contributed by atoms with Gasteiger partial charge in [0.15, 0.2) is 0 Å². The minimum Gasteiger partial charge on any atom is -0.478 e. The van der Waals surface area contributed by atoms with Gasteiger partial charge in [-0.05, 0) is 67.3 Å². The molecule has 4 heteroatoms. The van der Waals surface area contributed by atoms with Crippen molar-refractivity contribution < 1.29 is 9.90 Å². The number of benzene rings is 1. The topological polar surface area (TPSA) is 40.5 Å². The quantitative estimate of drug-likeness (QED) is 0.797. The number of rotatable bonds is 4. The number of thiophene rings is 1. The maximum absolute atomic E-state index is 12.1. The van der Waals surface area contributed by atoms with Gasteiger partial charge in [0.25, 0.3) is 0 Å². The summed E-state index contributed by atoms with van der Waals surface area (Å²) in [4.78, 5) is 16.5. The Labute approximate surface area is 154 Å². The summed E-state index contributed by atoms with van der Waals surface area (Å²) < 4.78 is 0. The number of carbonyl (C=O) groups is 1. The largest absolute Gasteiger partial charge is 0.478 e. The van der Waals surface area contributed by atoms with Gasteiger partial charge in [-0.1, -0.05) is 19.9 Å². The molecular weight excluding hydrogens is 330 g/mol. The predicted octanol–water partition coefficient (Wildman–Crippen LogP) is 5.39. The molecule has 1 aliphatic carbocycles. The summed E-state index contributed by atoms with van der Waals surface area (Å²) in [6.45, 7) is 9.62. The zero-order valence-electron chi connectivity index (χ0n) is 15.8. The average molecular weight is 358 g/mol. The van der Waals surface area contributed by atoms with Crippen LogP contribution in [0.25, 0.3) is 10.4 Å². The number of carboxylic acid groups (broad SMARTS) is 1. The van der Waals surface area contributed by atoms with Gasteiger partial charge in [0.1, 0.15) is 0 Å². The van der Waals surface area contributed by atoms with Gasteiger partial charge in [-0.15, -0.1) is 11.3 Å². The van der Waals surface area contributed by atoms with Crippen molar-refractivity contribution >= 4 is 23.0 Å². The molecule has 134 valence electrons. The van der Waals surface area contributed by atoms with Crippen molar-refractivity contribution in [3.8, 4) is 10.4 Å². The van der Waals surface area contributed by atoms with Gasteiger partial charge in [-0.25, -0.2) is 4.79 Å². The van der Waals surface area contributed by atoms with Crippen LogP contribution in [0.15, 0.2) is 18.2 Å². The number of aryl methyl sites for hydroxylation is 2. The summed E-state index contributed by atoms with van der Waals surface area (Å²) in [7, 11) is 2.07. The number of hydrogen-bond acceptors (Lipinski definition) is 3. The van der Waals surface area contributed by atoms with E-state index in [1.54, 1.807) is 11.3 Å². The van der Waals surface area contributed by atoms with Crippen LogP contribution in [-0.2, 0) is 12.8 Å². The number of hydrogen-bond donors (Lipinski definition) is 1. The molecule has 1 aromatic carbocycles. The van der Waals surface area contributed by atoms with Crippen LogP contribution in [0.2, 0.25) is 0 Å². The lowest BCUT2D eigenvalue weighted by molar-refractivity contribution is 0.0696. The average Bonchev–Trinajstić information content (AvgIpc) is 2.91. The lowest BCUT2D eigenvalue weighted by Crippen LogP contribution is -2.22. The maximum atomic E-state index is 12.1. The first-order valence-corrected chi connectivity index (χ1v) is 9.75. The number of fused-ring (bicyclic) bond motifs is 1. The molecule has 0 bridgehead atoms. The van der Waals surface area contributed by atoms with E-state index in [2.05, 4.69) is 57.8 Å². The SMILES string of the molecule is CCN(C)c1ccc(-c2sc3c(c2C(=O)O)CC(C)(C)CC3)c(C)c1. The number of aromatic carboxylic acids is 1. The minimum atomic E-state index is -0.792. The zero-order chi connectivity index (χ0) is 18.4. The summed E-state index contributed by atoms with van der Waals surface area (Å²) in [6.07, 6.45) is 2.97. The molecule has 1 heterocycles. The molecule has 0 spiro atoms. The van der Waals surface area contributed by atoms with E-state index in [-0.39, 0.29) is 5.41 Å². The third-order valence-electron chi connectivity index (χ3n) is 5.36. The van der Waals surface area contributed by atoms with Crippen molar-refractivity contribution in [1.29, 1.82) is 0 Å². The summed E-state index contributed by atoms with van der Waals surface area (Å²) in [5, 5.41) is 9.91. The molecule has 0 atom stereocenters.